The highest BCUT2D eigenvalue weighted by Crippen LogP contribution is 2.46. The first-order valence-corrected chi connectivity index (χ1v) is 15.1. The van der Waals surface area contributed by atoms with Gasteiger partial charge in [0.05, 0.1) is 39.6 Å². The number of hydrogen-bond donors (Lipinski definition) is 3. The van der Waals surface area contributed by atoms with Crippen LogP contribution in [0.5, 0.6) is 17.2 Å². The first-order valence-electron chi connectivity index (χ1n) is 15.1. The van der Waals surface area contributed by atoms with Crippen LogP contribution in [0.15, 0.2) is 36.4 Å². The fraction of sp³-hybridized carbons (Fsp3) is 0.486. The topological polar surface area (TPSA) is 97.6 Å². The molecule has 3 N–H and O–H groups in total. The summed E-state index contributed by atoms with van der Waals surface area (Å²) in [6, 6.07) is 11.2. The van der Waals surface area contributed by atoms with Crippen LogP contribution in [0, 0.1) is 20.8 Å². The van der Waals surface area contributed by atoms with Crippen LogP contribution in [0.2, 0.25) is 0 Å². The van der Waals surface area contributed by atoms with Gasteiger partial charge in [-0.3, -0.25) is 0 Å². The smallest absolute Gasteiger partial charge is 0.131 e. The van der Waals surface area contributed by atoms with Gasteiger partial charge in [0.25, 0.3) is 0 Å². The van der Waals surface area contributed by atoms with Gasteiger partial charge in [-0.1, -0.05) is 38.8 Å². The lowest BCUT2D eigenvalue weighted by atomic mass is 9.91. The molecule has 3 rings (SSSR count). The van der Waals surface area contributed by atoms with Crippen molar-refractivity contribution < 1.29 is 34.3 Å². The molecule has 0 bridgehead atoms. The fourth-order valence-electron chi connectivity index (χ4n) is 4.82. The van der Waals surface area contributed by atoms with Crippen LogP contribution in [0.4, 0.5) is 0 Å². The van der Waals surface area contributed by atoms with Crippen LogP contribution in [0.25, 0.3) is 22.3 Å². The van der Waals surface area contributed by atoms with Gasteiger partial charge in [-0.15, -0.1) is 0 Å². The summed E-state index contributed by atoms with van der Waals surface area (Å²) >= 11 is 0. The van der Waals surface area contributed by atoms with Crippen LogP contribution in [-0.2, 0) is 32.2 Å². The summed E-state index contributed by atoms with van der Waals surface area (Å²) in [5, 5.41) is 34.0. The van der Waals surface area contributed by atoms with E-state index in [-0.39, 0.29) is 30.5 Å². The number of unbranched alkanes of at least 4 members (excludes halogenated alkanes) is 2. The molecule has 0 unspecified atom stereocenters. The lowest BCUT2D eigenvalue weighted by molar-refractivity contribution is 0.0391. The second kappa shape index (κ2) is 17.1. The van der Waals surface area contributed by atoms with Gasteiger partial charge in [-0.05, 0) is 74.6 Å². The van der Waals surface area contributed by atoms with Gasteiger partial charge in [0, 0.05) is 46.6 Å². The zero-order valence-electron chi connectivity index (χ0n) is 25.9. The van der Waals surface area contributed by atoms with E-state index < -0.39 is 0 Å². The maximum absolute atomic E-state index is 11.5. The Balaban J connectivity index is 1.85. The van der Waals surface area contributed by atoms with Crippen molar-refractivity contribution in [3.05, 3.63) is 64.2 Å². The third-order valence-electron chi connectivity index (χ3n) is 7.04. The Labute approximate surface area is 251 Å². The first kappa shape index (κ1) is 33.4. The second-order valence-electron chi connectivity index (χ2n) is 10.9. The molecule has 0 aliphatic heterocycles. The maximum Gasteiger partial charge on any atom is 0.131 e. The van der Waals surface area contributed by atoms with E-state index in [0.29, 0.717) is 73.0 Å². The number of phenols is 3. The van der Waals surface area contributed by atoms with E-state index in [0.717, 1.165) is 42.4 Å². The Morgan fingerprint density at radius 3 is 1.17 bits per heavy atom. The summed E-state index contributed by atoms with van der Waals surface area (Å²) in [4.78, 5) is 0. The molecule has 42 heavy (non-hydrogen) atoms. The quantitative estimate of drug-likeness (QED) is 0.132. The molecule has 7 nitrogen and oxygen atoms in total. The van der Waals surface area contributed by atoms with Gasteiger partial charge < -0.3 is 34.3 Å². The van der Waals surface area contributed by atoms with Crippen LogP contribution in [-0.4, -0.2) is 55.0 Å². The molecule has 0 heterocycles. The molecule has 0 aromatic heterocycles. The van der Waals surface area contributed by atoms with Crippen molar-refractivity contribution in [2.75, 3.05) is 39.6 Å². The van der Waals surface area contributed by atoms with Gasteiger partial charge in [0.2, 0.25) is 0 Å². The van der Waals surface area contributed by atoms with Gasteiger partial charge in [0.1, 0.15) is 17.2 Å². The summed E-state index contributed by atoms with van der Waals surface area (Å²) in [6.07, 6.45) is 4.22. The average Bonchev–Trinajstić information content (AvgIpc) is 2.96. The van der Waals surface area contributed by atoms with E-state index in [1.807, 2.05) is 57.2 Å². The summed E-state index contributed by atoms with van der Waals surface area (Å²) in [5.41, 5.74) is 6.00. The summed E-state index contributed by atoms with van der Waals surface area (Å²) in [6.45, 7) is 13.8. The summed E-state index contributed by atoms with van der Waals surface area (Å²) in [7, 11) is 0. The van der Waals surface area contributed by atoms with Crippen molar-refractivity contribution in [3.63, 3.8) is 0 Å². The summed E-state index contributed by atoms with van der Waals surface area (Å²) < 4.78 is 22.7. The molecule has 3 aromatic rings. The molecule has 0 saturated heterocycles. The molecule has 0 aliphatic rings. The van der Waals surface area contributed by atoms with Crippen LogP contribution < -0.4 is 0 Å². The number of aromatic hydroxyl groups is 3. The standard InChI is InChI=1S/C35H48O7/c1-6-8-10-39-12-14-41-22-27-16-24(3)18-29(33(27)36)31-20-26(5)21-32(35(31)38)30-19-25(4)17-28(34(30)37)23-42-15-13-40-11-9-7-2/h16-21,36-38H,6-15,22-23H2,1-5H3. The number of rotatable bonds is 18. The summed E-state index contributed by atoms with van der Waals surface area (Å²) in [5.74, 6) is 0.0981. The zero-order chi connectivity index (χ0) is 30.5. The van der Waals surface area contributed by atoms with Crippen molar-refractivity contribution in [3.8, 4) is 39.5 Å². The molecule has 0 atom stereocenters. The molecular formula is C35H48O7. The van der Waals surface area contributed by atoms with Crippen LogP contribution >= 0.6 is 0 Å². The van der Waals surface area contributed by atoms with E-state index in [1.54, 1.807) is 0 Å². The lowest BCUT2D eigenvalue weighted by Gasteiger charge is -2.18. The molecule has 230 valence electrons. The van der Waals surface area contributed by atoms with Gasteiger partial charge in [0.15, 0.2) is 0 Å². The monoisotopic (exact) mass is 580 g/mol. The van der Waals surface area contributed by atoms with Gasteiger partial charge >= 0.3 is 0 Å². The van der Waals surface area contributed by atoms with Crippen LogP contribution in [0.3, 0.4) is 0 Å². The Kier molecular flexibility index (Phi) is 13.6. The van der Waals surface area contributed by atoms with E-state index in [9.17, 15) is 15.3 Å². The molecule has 0 radical (unpaired) electrons. The third kappa shape index (κ3) is 9.46. The van der Waals surface area contributed by atoms with E-state index in [1.165, 1.54) is 0 Å². The Hall–Kier alpha value is -3.10. The normalized spacial score (nSPS) is 11.4. The Bertz CT molecular complexity index is 1190. The van der Waals surface area contributed by atoms with Crippen molar-refractivity contribution >= 4 is 0 Å². The van der Waals surface area contributed by atoms with E-state index in [4.69, 9.17) is 18.9 Å². The third-order valence-corrected chi connectivity index (χ3v) is 7.04. The number of phenolic OH excluding ortho intramolecular Hbond substituents is 3. The lowest BCUT2D eigenvalue weighted by Crippen LogP contribution is -2.05. The molecule has 0 fully saturated rings. The Morgan fingerprint density at radius 1 is 0.452 bits per heavy atom. The average molecular weight is 581 g/mol. The SMILES string of the molecule is CCCCOCCOCc1cc(C)cc(-c2cc(C)cc(-c3cc(C)cc(COCCOCCCC)c3O)c2O)c1O. The highest BCUT2D eigenvalue weighted by atomic mass is 16.5. The minimum atomic E-state index is -0.0187. The van der Waals surface area contributed by atoms with E-state index >= 15 is 0 Å². The zero-order valence-corrected chi connectivity index (χ0v) is 25.9. The van der Waals surface area contributed by atoms with Crippen LogP contribution in [0.1, 0.15) is 67.3 Å². The number of hydrogen-bond acceptors (Lipinski definition) is 7. The molecular weight excluding hydrogens is 532 g/mol. The van der Waals surface area contributed by atoms with Gasteiger partial charge in [-0.2, -0.15) is 0 Å². The fourth-order valence-corrected chi connectivity index (χ4v) is 4.82. The van der Waals surface area contributed by atoms with Crippen molar-refractivity contribution in [1.29, 1.82) is 0 Å². The number of ether oxygens (including phenoxy) is 4. The molecule has 0 amide bonds. The predicted molar refractivity (Wildman–Crippen MR) is 167 cm³/mol. The largest absolute Gasteiger partial charge is 0.507 e. The molecule has 0 saturated carbocycles. The van der Waals surface area contributed by atoms with Crippen molar-refractivity contribution in [1.82, 2.24) is 0 Å². The first-order chi connectivity index (χ1) is 20.3. The Morgan fingerprint density at radius 2 is 0.786 bits per heavy atom. The van der Waals surface area contributed by atoms with Crippen molar-refractivity contribution in [2.24, 2.45) is 0 Å². The predicted octanol–water partition coefficient (Wildman–Crippen LogP) is 7.73. The minimum Gasteiger partial charge on any atom is -0.507 e. The highest BCUT2D eigenvalue weighted by Gasteiger charge is 2.21. The van der Waals surface area contributed by atoms with Crippen molar-refractivity contribution in [2.45, 2.75) is 73.5 Å². The molecule has 3 aromatic carbocycles. The minimum absolute atomic E-state index is 0.0187. The number of aryl methyl sites for hydroxylation is 3. The van der Waals surface area contributed by atoms with E-state index in [2.05, 4.69) is 13.8 Å². The molecule has 0 aliphatic carbocycles. The highest BCUT2D eigenvalue weighted by molar-refractivity contribution is 5.88. The molecule has 7 heteroatoms. The van der Waals surface area contributed by atoms with Gasteiger partial charge in [-0.25, -0.2) is 0 Å². The second-order valence-corrected chi connectivity index (χ2v) is 10.9. The maximum atomic E-state index is 11.5. The molecule has 0 spiro atoms. The number of benzene rings is 3.